The summed E-state index contributed by atoms with van der Waals surface area (Å²) in [5.41, 5.74) is 2.68. The number of fused-ring (bicyclic) bond motifs is 2. The molecule has 2 atom stereocenters. The number of anilines is 1. The third-order valence-electron chi connectivity index (χ3n) is 7.61. The second-order valence-electron chi connectivity index (χ2n) is 9.89. The number of halogens is 2. The molecule has 1 N–H and O–H groups in total. The van der Waals surface area contributed by atoms with Crippen LogP contribution in [0.3, 0.4) is 0 Å². The van der Waals surface area contributed by atoms with Gasteiger partial charge in [0, 0.05) is 50.7 Å². The zero-order valence-electron chi connectivity index (χ0n) is 19.1. The lowest BCUT2D eigenvalue weighted by atomic mass is 9.79. The van der Waals surface area contributed by atoms with Crippen molar-refractivity contribution in [3.63, 3.8) is 0 Å². The van der Waals surface area contributed by atoms with Gasteiger partial charge in [-0.1, -0.05) is 6.07 Å². The number of aryl methyl sites for hydroxylation is 1. The van der Waals surface area contributed by atoms with Crippen molar-refractivity contribution in [2.45, 2.75) is 56.9 Å². The summed E-state index contributed by atoms with van der Waals surface area (Å²) >= 11 is 0. The Balaban J connectivity index is 1.29. The van der Waals surface area contributed by atoms with E-state index in [1.165, 1.54) is 0 Å². The molecule has 178 valence electrons. The van der Waals surface area contributed by atoms with Crippen LogP contribution in [-0.2, 0) is 11.8 Å². The van der Waals surface area contributed by atoms with E-state index in [-0.39, 0.29) is 24.8 Å². The first-order valence-corrected chi connectivity index (χ1v) is 12.0. The highest BCUT2D eigenvalue weighted by Gasteiger charge is 2.40. The smallest absolute Gasteiger partial charge is 0.248 e. The van der Waals surface area contributed by atoms with Gasteiger partial charge in [-0.15, -0.1) is 0 Å². The van der Waals surface area contributed by atoms with Gasteiger partial charge >= 0.3 is 0 Å². The van der Waals surface area contributed by atoms with Crippen LogP contribution in [0.2, 0.25) is 0 Å². The molecule has 1 aromatic carbocycles. The molecule has 0 radical (unpaired) electrons. The van der Waals surface area contributed by atoms with Crippen molar-refractivity contribution in [3.05, 3.63) is 30.6 Å². The molecule has 33 heavy (non-hydrogen) atoms. The van der Waals surface area contributed by atoms with Crippen LogP contribution >= 0.6 is 0 Å². The molecule has 2 fully saturated rings. The van der Waals surface area contributed by atoms with E-state index in [2.05, 4.69) is 15.3 Å². The van der Waals surface area contributed by atoms with Crippen molar-refractivity contribution in [1.29, 1.82) is 0 Å². The zero-order valence-corrected chi connectivity index (χ0v) is 19.1. The number of likely N-dealkylation sites (tertiary alicyclic amines) is 1. The van der Waals surface area contributed by atoms with Crippen molar-refractivity contribution in [2.24, 2.45) is 18.9 Å². The van der Waals surface area contributed by atoms with Gasteiger partial charge in [0.05, 0.1) is 18.5 Å². The number of nitrogens with one attached hydrogen (secondary N) is 1. The fourth-order valence-corrected chi connectivity index (χ4v) is 5.68. The Hall–Kier alpha value is -2.48. The molecule has 0 unspecified atom stereocenters. The van der Waals surface area contributed by atoms with Crippen LogP contribution in [0, 0.1) is 11.8 Å². The molecule has 8 heteroatoms. The summed E-state index contributed by atoms with van der Waals surface area (Å²) in [6, 6.07) is 6.07. The Kier molecular flexibility index (Phi) is 6.12. The molecule has 2 aliphatic heterocycles. The zero-order chi connectivity index (χ0) is 23.0. The van der Waals surface area contributed by atoms with Gasteiger partial charge in [-0.3, -0.25) is 9.48 Å². The molecule has 0 bridgehead atoms. The minimum Gasteiger partial charge on any atom is -0.491 e. The number of benzene rings is 1. The van der Waals surface area contributed by atoms with E-state index in [0.29, 0.717) is 49.1 Å². The number of alkyl halides is 2. The maximum Gasteiger partial charge on any atom is 0.248 e. The van der Waals surface area contributed by atoms with Gasteiger partial charge in [0.2, 0.25) is 11.8 Å². The summed E-state index contributed by atoms with van der Waals surface area (Å²) < 4.78 is 35.2. The molecule has 1 saturated heterocycles. The van der Waals surface area contributed by atoms with E-state index >= 15 is 0 Å². The van der Waals surface area contributed by atoms with Crippen molar-refractivity contribution < 1.29 is 18.3 Å². The molecule has 5 rings (SSSR count). The number of aromatic nitrogens is 2. The SMILES string of the molecule is Cn1cc(-c2ccc3c(c2)OCC[C@H]2CN(C4CCC(F)(F)CC4)CC[C@H]2CC(=O)N3)cn1. The molecule has 1 aromatic heterocycles. The molecule has 1 amide bonds. The van der Waals surface area contributed by atoms with Crippen LogP contribution in [0.15, 0.2) is 30.6 Å². The van der Waals surface area contributed by atoms with Crippen LogP contribution < -0.4 is 10.1 Å². The van der Waals surface area contributed by atoms with Crippen molar-refractivity contribution in [2.75, 3.05) is 25.0 Å². The summed E-state index contributed by atoms with van der Waals surface area (Å²) in [5.74, 6) is -1.19. The van der Waals surface area contributed by atoms with Crippen LogP contribution in [0.4, 0.5) is 14.5 Å². The highest BCUT2D eigenvalue weighted by atomic mass is 19.3. The van der Waals surface area contributed by atoms with Crippen molar-refractivity contribution in [1.82, 2.24) is 14.7 Å². The number of nitrogens with zero attached hydrogens (tertiary/aromatic N) is 3. The number of hydrogen-bond donors (Lipinski definition) is 1. The highest BCUT2D eigenvalue weighted by molar-refractivity contribution is 5.93. The summed E-state index contributed by atoms with van der Waals surface area (Å²) in [7, 11) is 1.88. The van der Waals surface area contributed by atoms with Crippen molar-refractivity contribution >= 4 is 11.6 Å². The molecule has 3 aliphatic rings. The molecule has 1 saturated carbocycles. The van der Waals surface area contributed by atoms with Gasteiger partial charge in [-0.2, -0.15) is 5.10 Å². The maximum absolute atomic E-state index is 13.6. The number of carbonyl (C=O) groups is 1. The Labute approximate surface area is 193 Å². The molecule has 0 spiro atoms. The number of hydrogen-bond acceptors (Lipinski definition) is 4. The number of rotatable bonds is 2. The van der Waals surface area contributed by atoms with E-state index in [9.17, 15) is 13.6 Å². The first kappa shape index (κ1) is 22.3. The number of carbonyl (C=O) groups excluding carboxylic acids is 1. The van der Waals surface area contributed by atoms with E-state index < -0.39 is 5.92 Å². The van der Waals surface area contributed by atoms with Crippen LogP contribution in [0.25, 0.3) is 11.1 Å². The molecular formula is C25H32F2N4O2. The van der Waals surface area contributed by atoms with E-state index in [1.807, 2.05) is 37.6 Å². The Morgan fingerprint density at radius 3 is 2.70 bits per heavy atom. The largest absolute Gasteiger partial charge is 0.491 e. The lowest BCUT2D eigenvalue weighted by Crippen LogP contribution is -2.49. The first-order chi connectivity index (χ1) is 15.9. The molecule has 2 aromatic rings. The Bertz CT molecular complexity index is 998. The second-order valence-corrected chi connectivity index (χ2v) is 9.89. The summed E-state index contributed by atoms with van der Waals surface area (Å²) in [6.45, 7) is 2.31. The quantitative estimate of drug-likeness (QED) is 0.708. The van der Waals surface area contributed by atoms with Crippen LogP contribution in [0.5, 0.6) is 5.75 Å². The molecule has 3 heterocycles. The van der Waals surface area contributed by atoms with Gasteiger partial charge in [0.15, 0.2) is 0 Å². The minimum absolute atomic E-state index is 0.0101. The van der Waals surface area contributed by atoms with Gasteiger partial charge in [-0.25, -0.2) is 8.78 Å². The van der Waals surface area contributed by atoms with E-state index in [4.69, 9.17) is 4.74 Å². The highest BCUT2D eigenvalue weighted by Crippen LogP contribution is 2.39. The lowest BCUT2D eigenvalue weighted by molar-refractivity contribution is -0.118. The first-order valence-electron chi connectivity index (χ1n) is 12.0. The number of amides is 1. The van der Waals surface area contributed by atoms with Gasteiger partial charge < -0.3 is 15.0 Å². The third-order valence-corrected chi connectivity index (χ3v) is 7.61. The van der Waals surface area contributed by atoms with E-state index in [0.717, 1.165) is 37.1 Å². The fraction of sp³-hybridized carbons (Fsp3) is 0.600. The number of ether oxygens (including phenoxy) is 1. The van der Waals surface area contributed by atoms with Crippen LogP contribution in [0.1, 0.15) is 44.9 Å². The van der Waals surface area contributed by atoms with Crippen LogP contribution in [-0.4, -0.2) is 52.2 Å². The average molecular weight is 459 g/mol. The predicted octanol–water partition coefficient (Wildman–Crippen LogP) is 4.71. The van der Waals surface area contributed by atoms with Gasteiger partial charge in [-0.05, 0) is 61.8 Å². The second kappa shape index (κ2) is 9.05. The normalized spacial score (nSPS) is 26.6. The minimum atomic E-state index is -2.50. The van der Waals surface area contributed by atoms with Crippen molar-refractivity contribution in [3.8, 4) is 16.9 Å². The predicted molar refractivity (Wildman–Crippen MR) is 122 cm³/mol. The van der Waals surface area contributed by atoms with E-state index in [1.54, 1.807) is 4.68 Å². The standard InChI is InChI=1S/C25H32F2N4O2/c1-30-15-20(14-28-30)17-2-3-22-23(12-17)33-11-7-19-16-31(10-6-18(19)13-24(32)29-22)21-4-8-25(26,27)9-5-21/h2-3,12,14-15,18-19,21H,4-11,13,16H2,1H3,(H,29,32)/t18-,19-/m0/s1. The maximum atomic E-state index is 13.6. The third kappa shape index (κ3) is 5.05. The lowest BCUT2D eigenvalue weighted by Gasteiger charge is -2.44. The average Bonchev–Trinajstić information content (AvgIpc) is 3.22. The molecule has 1 aliphatic carbocycles. The number of piperidine rings is 1. The summed E-state index contributed by atoms with van der Waals surface area (Å²) in [6.07, 6.45) is 7.13. The summed E-state index contributed by atoms with van der Waals surface area (Å²) in [5, 5.41) is 7.29. The monoisotopic (exact) mass is 458 g/mol. The summed E-state index contributed by atoms with van der Waals surface area (Å²) in [4.78, 5) is 15.3. The molecule has 6 nitrogen and oxygen atoms in total. The van der Waals surface area contributed by atoms with Gasteiger partial charge in [0.25, 0.3) is 0 Å². The topological polar surface area (TPSA) is 59.4 Å². The Morgan fingerprint density at radius 1 is 1.12 bits per heavy atom. The Morgan fingerprint density at radius 2 is 1.94 bits per heavy atom. The fourth-order valence-electron chi connectivity index (χ4n) is 5.68. The molecular weight excluding hydrogens is 426 g/mol. The van der Waals surface area contributed by atoms with Gasteiger partial charge in [0.1, 0.15) is 5.75 Å².